The third kappa shape index (κ3) is 6.77. The van der Waals surface area contributed by atoms with Gasteiger partial charge in [0.1, 0.15) is 11.1 Å². The summed E-state index contributed by atoms with van der Waals surface area (Å²) in [5.41, 5.74) is 1.70. The molecule has 0 aliphatic rings. The first-order valence-corrected chi connectivity index (χ1v) is 12.4. The minimum absolute atomic E-state index is 0.238. The van der Waals surface area contributed by atoms with Crippen molar-refractivity contribution in [2.75, 3.05) is 10.6 Å². The molecule has 0 aliphatic heterocycles. The Morgan fingerprint density at radius 1 is 0.800 bits per heavy atom. The molecule has 0 spiro atoms. The number of amides is 2. The van der Waals surface area contributed by atoms with Gasteiger partial charge in [0.2, 0.25) is 5.91 Å². The molecular weight excluding hydrogens is 525 g/mol. The minimum atomic E-state index is -0.565. The summed E-state index contributed by atoms with van der Waals surface area (Å²) in [5, 5.41) is 6.31. The van der Waals surface area contributed by atoms with Crippen molar-refractivity contribution in [3.63, 3.8) is 0 Å². The third-order valence-corrected chi connectivity index (χ3v) is 6.86. The summed E-state index contributed by atoms with van der Waals surface area (Å²) in [7, 11) is 0. The number of hydrogen-bond donors (Lipinski definition) is 2. The van der Waals surface area contributed by atoms with Gasteiger partial charge in [-0.15, -0.1) is 11.8 Å². The lowest BCUT2D eigenvalue weighted by Crippen LogP contribution is -2.19. The molecule has 0 saturated heterocycles. The molecule has 0 bridgehead atoms. The lowest BCUT2D eigenvalue weighted by molar-refractivity contribution is -0.115. The number of benzene rings is 3. The van der Waals surface area contributed by atoms with Crippen LogP contribution in [0.15, 0.2) is 96.0 Å². The average Bonchev–Trinajstić information content (AvgIpc) is 2.84. The highest BCUT2D eigenvalue weighted by Crippen LogP contribution is 2.37. The third-order valence-electron chi connectivity index (χ3n) is 4.84. The van der Waals surface area contributed by atoms with Crippen molar-refractivity contribution < 1.29 is 9.59 Å². The number of anilines is 2. The molecule has 1 unspecified atom stereocenters. The van der Waals surface area contributed by atoms with Gasteiger partial charge in [-0.25, -0.2) is 4.98 Å². The highest BCUT2D eigenvalue weighted by atomic mass is 35.5. The number of thioether (sulfide) groups is 1. The smallest absolute Gasteiger partial charge is 0.257 e. The fourth-order valence-corrected chi connectivity index (χ4v) is 4.89. The lowest BCUT2D eigenvalue weighted by Gasteiger charge is -2.17. The van der Waals surface area contributed by atoms with Gasteiger partial charge >= 0.3 is 0 Å². The zero-order valence-electron chi connectivity index (χ0n) is 18.0. The number of nitrogens with zero attached hydrogens (tertiary/aromatic N) is 1. The van der Waals surface area contributed by atoms with Gasteiger partial charge in [-0.3, -0.25) is 9.59 Å². The number of carbonyl (C=O) groups excluding carboxylic acids is 2. The average molecular weight is 543 g/mol. The Labute approximate surface area is 221 Å². The fraction of sp³-hybridized carbons (Fsp3) is 0.0385. The zero-order chi connectivity index (χ0) is 24.8. The molecular formula is C26H18Cl3N3O2S. The van der Waals surface area contributed by atoms with Crippen LogP contribution in [0.2, 0.25) is 15.1 Å². The van der Waals surface area contributed by atoms with Crippen molar-refractivity contribution in [2.24, 2.45) is 0 Å². The van der Waals surface area contributed by atoms with Crippen LogP contribution in [-0.4, -0.2) is 16.8 Å². The molecule has 0 radical (unpaired) electrons. The van der Waals surface area contributed by atoms with Crippen LogP contribution in [0.25, 0.3) is 0 Å². The normalized spacial score (nSPS) is 11.5. The van der Waals surface area contributed by atoms with Crippen LogP contribution in [-0.2, 0) is 4.79 Å². The molecule has 1 atom stereocenters. The predicted molar refractivity (Wildman–Crippen MR) is 144 cm³/mol. The van der Waals surface area contributed by atoms with Gasteiger partial charge in [0, 0.05) is 21.8 Å². The summed E-state index contributed by atoms with van der Waals surface area (Å²) in [6.07, 6.45) is 1.47. The lowest BCUT2D eigenvalue weighted by atomic mass is 10.1. The van der Waals surface area contributed by atoms with E-state index in [1.165, 1.54) is 24.0 Å². The Hall–Kier alpha value is -3.03. The number of pyridine rings is 1. The number of carbonyl (C=O) groups is 2. The standard InChI is InChI=1S/C26H18Cl3N3O2S/c27-17-9-11-21(22(29)13-17)25(33)31-19-7-4-8-20(14-19)35-24(16-5-2-1-3-6-16)26(34)32-23-12-10-18(28)15-30-23/h1-15,24H,(H,31,33)(H,30,32,34). The van der Waals surface area contributed by atoms with Gasteiger partial charge in [0.05, 0.1) is 15.6 Å². The number of hydrogen-bond acceptors (Lipinski definition) is 4. The van der Waals surface area contributed by atoms with Gasteiger partial charge in [-0.1, -0.05) is 71.2 Å². The van der Waals surface area contributed by atoms with Crippen LogP contribution in [0.4, 0.5) is 11.5 Å². The van der Waals surface area contributed by atoms with Crippen molar-refractivity contribution in [3.8, 4) is 0 Å². The van der Waals surface area contributed by atoms with E-state index in [2.05, 4.69) is 15.6 Å². The summed E-state index contributed by atoms with van der Waals surface area (Å²) < 4.78 is 0. The van der Waals surface area contributed by atoms with Gasteiger partial charge in [-0.05, 0) is 54.1 Å². The van der Waals surface area contributed by atoms with E-state index < -0.39 is 5.25 Å². The van der Waals surface area contributed by atoms with E-state index in [1.54, 1.807) is 36.4 Å². The Morgan fingerprint density at radius 2 is 1.57 bits per heavy atom. The minimum Gasteiger partial charge on any atom is -0.322 e. The number of rotatable bonds is 7. The zero-order valence-corrected chi connectivity index (χ0v) is 21.1. The molecule has 1 heterocycles. The monoisotopic (exact) mass is 541 g/mol. The maximum atomic E-state index is 13.2. The van der Waals surface area contributed by atoms with E-state index >= 15 is 0 Å². The largest absolute Gasteiger partial charge is 0.322 e. The fourth-order valence-electron chi connectivity index (χ4n) is 3.20. The molecule has 3 aromatic carbocycles. The van der Waals surface area contributed by atoms with E-state index in [9.17, 15) is 9.59 Å². The first-order chi connectivity index (χ1) is 16.9. The summed E-state index contributed by atoms with van der Waals surface area (Å²) in [6, 6.07) is 24.7. The van der Waals surface area contributed by atoms with E-state index in [0.29, 0.717) is 27.1 Å². The molecule has 5 nitrogen and oxygen atoms in total. The predicted octanol–water partition coefficient (Wildman–Crippen LogP) is 7.77. The Bertz CT molecular complexity index is 1350. The van der Waals surface area contributed by atoms with Gasteiger partial charge in [-0.2, -0.15) is 0 Å². The van der Waals surface area contributed by atoms with Gasteiger partial charge < -0.3 is 10.6 Å². The van der Waals surface area contributed by atoms with Crippen LogP contribution in [0.1, 0.15) is 21.2 Å². The van der Waals surface area contributed by atoms with Crippen LogP contribution in [0, 0.1) is 0 Å². The second-order valence-electron chi connectivity index (χ2n) is 7.37. The molecule has 4 rings (SSSR count). The van der Waals surface area contributed by atoms with Crippen molar-refractivity contribution in [1.82, 2.24) is 4.98 Å². The Kier molecular flexibility index (Phi) is 8.31. The van der Waals surface area contributed by atoms with Crippen molar-refractivity contribution in [2.45, 2.75) is 10.1 Å². The Morgan fingerprint density at radius 3 is 2.29 bits per heavy atom. The molecule has 35 heavy (non-hydrogen) atoms. The van der Waals surface area contributed by atoms with E-state index in [4.69, 9.17) is 34.8 Å². The molecule has 176 valence electrons. The molecule has 0 fully saturated rings. The second kappa shape index (κ2) is 11.6. The molecule has 2 N–H and O–H groups in total. The number of aromatic nitrogens is 1. The molecule has 0 aliphatic carbocycles. The van der Waals surface area contributed by atoms with Crippen molar-refractivity contribution >= 4 is 69.9 Å². The second-order valence-corrected chi connectivity index (χ2v) is 9.82. The SMILES string of the molecule is O=C(Nc1cccc(SC(C(=O)Nc2ccc(Cl)cn2)c2ccccc2)c1)c1ccc(Cl)cc1Cl. The summed E-state index contributed by atoms with van der Waals surface area (Å²) in [6.45, 7) is 0. The maximum absolute atomic E-state index is 13.2. The Balaban J connectivity index is 1.54. The van der Waals surface area contributed by atoms with Gasteiger partial charge in [0.15, 0.2) is 0 Å². The van der Waals surface area contributed by atoms with Crippen molar-refractivity contribution in [1.29, 1.82) is 0 Å². The molecule has 1 aromatic heterocycles. The van der Waals surface area contributed by atoms with E-state index in [1.807, 2.05) is 42.5 Å². The van der Waals surface area contributed by atoms with Gasteiger partial charge in [0.25, 0.3) is 5.91 Å². The highest BCUT2D eigenvalue weighted by molar-refractivity contribution is 8.00. The molecule has 4 aromatic rings. The first-order valence-electron chi connectivity index (χ1n) is 10.4. The van der Waals surface area contributed by atoms with Crippen LogP contribution in [0.3, 0.4) is 0 Å². The highest BCUT2D eigenvalue weighted by Gasteiger charge is 2.23. The summed E-state index contributed by atoms with van der Waals surface area (Å²) >= 11 is 19.3. The van der Waals surface area contributed by atoms with E-state index in [0.717, 1.165) is 10.5 Å². The van der Waals surface area contributed by atoms with Crippen LogP contribution >= 0.6 is 46.6 Å². The topological polar surface area (TPSA) is 71.1 Å². The first kappa shape index (κ1) is 25.1. The van der Waals surface area contributed by atoms with E-state index in [-0.39, 0.29) is 16.8 Å². The number of nitrogens with one attached hydrogen (secondary N) is 2. The van der Waals surface area contributed by atoms with Crippen molar-refractivity contribution in [3.05, 3.63) is 117 Å². The quantitative estimate of drug-likeness (QED) is 0.234. The number of halogens is 3. The van der Waals surface area contributed by atoms with Crippen LogP contribution in [0.5, 0.6) is 0 Å². The molecule has 2 amide bonds. The summed E-state index contributed by atoms with van der Waals surface area (Å²) in [5.74, 6) is -0.194. The molecule has 9 heteroatoms. The summed E-state index contributed by atoms with van der Waals surface area (Å²) in [4.78, 5) is 30.9. The molecule has 0 saturated carbocycles. The van der Waals surface area contributed by atoms with Crippen LogP contribution < -0.4 is 10.6 Å². The maximum Gasteiger partial charge on any atom is 0.257 e.